The first-order valence-electron chi connectivity index (χ1n) is 13.1. The summed E-state index contributed by atoms with van der Waals surface area (Å²) < 4.78 is 5.35. The number of carbonyl (C=O) groups is 1. The molecule has 2 N–H and O–H groups in total. The number of piperazine rings is 1. The van der Waals surface area contributed by atoms with Gasteiger partial charge in [0.2, 0.25) is 0 Å². The number of rotatable bonds is 9. The van der Waals surface area contributed by atoms with Crippen LogP contribution in [0.3, 0.4) is 0 Å². The van der Waals surface area contributed by atoms with Crippen LogP contribution in [-0.2, 0) is 11.3 Å². The summed E-state index contributed by atoms with van der Waals surface area (Å²) in [7, 11) is 0. The van der Waals surface area contributed by atoms with Gasteiger partial charge in [-0.15, -0.1) is 0 Å². The molecule has 2 heterocycles. The summed E-state index contributed by atoms with van der Waals surface area (Å²) >= 11 is 0. The van der Waals surface area contributed by atoms with Gasteiger partial charge in [-0.25, -0.2) is 4.79 Å². The number of nitrogens with zero attached hydrogens (tertiary/aromatic N) is 3. The molecule has 1 amide bonds. The lowest BCUT2D eigenvalue weighted by atomic mass is 10.0. The average molecular weight is 480 g/mol. The van der Waals surface area contributed by atoms with Crippen LogP contribution in [0.4, 0.5) is 16.2 Å². The van der Waals surface area contributed by atoms with E-state index in [0.29, 0.717) is 12.1 Å². The second kappa shape index (κ2) is 12.9. The van der Waals surface area contributed by atoms with E-state index in [1.165, 1.54) is 26.2 Å². The highest BCUT2D eigenvalue weighted by molar-refractivity contribution is 5.85. The molecule has 4 rings (SSSR count). The first-order valence-corrected chi connectivity index (χ1v) is 13.1. The summed E-state index contributed by atoms with van der Waals surface area (Å²) in [6, 6.07) is 19.0. The van der Waals surface area contributed by atoms with Crippen LogP contribution < -0.4 is 15.5 Å². The Hall–Kier alpha value is -2.61. The molecular formula is C28H41N5O2. The number of hydrogen-bond acceptors (Lipinski definition) is 6. The van der Waals surface area contributed by atoms with Gasteiger partial charge >= 0.3 is 6.09 Å². The van der Waals surface area contributed by atoms with E-state index in [-0.39, 0.29) is 6.61 Å². The maximum atomic E-state index is 12.2. The fourth-order valence-corrected chi connectivity index (χ4v) is 4.93. The zero-order valence-corrected chi connectivity index (χ0v) is 21.3. The first-order chi connectivity index (χ1) is 17.1. The number of benzene rings is 2. The van der Waals surface area contributed by atoms with Gasteiger partial charge in [0.05, 0.1) is 0 Å². The van der Waals surface area contributed by atoms with Crippen molar-refractivity contribution in [3.05, 3.63) is 60.2 Å². The summed E-state index contributed by atoms with van der Waals surface area (Å²) in [6.07, 6.45) is 1.84. The molecule has 2 aliphatic rings. The largest absolute Gasteiger partial charge is 0.444 e. The maximum Gasteiger partial charge on any atom is 0.411 e. The molecule has 0 spiro atoms. The van der Waals surface area contributed by atoms with Gasteiger partial charge < -0.3 is 15.0 Å². The van der Waals surface area contributed by atoms with Gasteiger partial charge in [-0.05, 0) is 50.5 Å². The topological polar surface area (TPSA) is 60.1 Å². The second-order valence-corrected chi connectivity index (χ2v) is 9.92. The summed E-state index contributed by atoms with van der Waals surface area (Å²) in [5.74, 6) is 0. The number of amides is 1. The molecule has 0 atom stereocenters. The third-order valence-corrected chi connectivity index (χ3v) is 7.16. The van der Waals surface area contributed by atoms with Gasteiger partial charge in [0.25, 0.3) is 0 Å². The smallest absolute Gasteiger partial charge is 0.411 e. The molecule has 0 unspecified atom stereocenters. The van der Waals surface area contributed by atoms with Gasteiger partial charge in [-0.2, -0.15) is 0 Å². The van der Waals surface area contributed by atoms with E-state index in [1.807, 2.05) is 48.5 Å². The van der Waals surface area contributed by atoms with Crippen LogP contribution >= 0.6 is 0 Å². The molecule has 2 saturated heterocycles. The van der Waals surface area contributed by atoms with Crippen LogP contribution in [0.5, 0.6) is 0 Å². The predicted octanol–water partition coefficient (Wildman–Crippen LogP) is 4.02. The molecule has 2 fully saturated rings. The Kier molecular flexibility index (Phi) is 9.40. The van der Waals surface area contributed by atoms with E-state index >= 15 is 0 Å². The second-order valence-electron chi connectivity index (χ2n) is 9.92. The summed E-state index contributed by atoms with van der Waals surface area (Å²) in [6.45, 7) is 13.8. The molecule has 0 saturated carbocycles. The lowest BCUT2D eigenvalue weighted by molar-refractivity contribution is 0.108. The molecule has 0 aromatic heterocycles. The number of piperidine rings is 1. The van der Waals surface area contributed by atoms with Crippen LogP contribution in [-0.4, -0.2) is 80.3 Å². The Labute approximate surface area is 210 Å². The lowest BCUT2D eigenvalue weighted by Crippen LogP contribution is -2.51. The molecule has 7 nitrogen and oxygen atoms in total. The summed E-state index contributed by atoms with van der Waals surface area (Å²) in [4.78, 5) is 19.8. The molecular weight excluding hydrogens is 438 g/mol. The van der Waals surface area contributed by atoms with E-state index in [9.17, 15) is 4.79 Å². The monoisotopic (exact) mass is 479 g/mol. The van der Waals surface area contributed by atoms with Crippen molar-refractivity contribution in [2.75, 3.05) is 62.6 Å². The number of nitrogens with one attached hydrogen (secondary N) is 2. The van der Waals surface area contributed by atoms with Gasteiger partial charge in [0.1, 0.15) is 6.61 Å². The van der Waals surface area contributed by atoms with Crippen LogP contribution in [0, 0.1) is 0 Å². The van der Waals surface area contributed by atoms with Crippen molar-refractivity contribution >= 4 is 17.5 Å². The number of anilines is 2. The van der Waals surface area contributed by atoms with E-state index in [1.54, 1.807) is 0 Å². The minimum absolute atomic E-state index is 0.265. The third kappa shape index (κ3) is 7.95. The van der Waals surface area contributed by atoms with Crippen LogP contribution in [0.25, 0.3) is 0 Å². The lowest BCUT2D eigenvalue weighted by Gasteiger charge is -2.37. The Morgan fingerprint density at radius 2 is 1.71 bits per heavy atom. The molecule has 7 heteroatoms. The molecule has 2 aliphatic heterocycles. The number of hydrogen-bond donors (Lipinski definition) is 2. The number of ether oxygens (including phenoxy) is 1. The van der Waals surface area contributed by atoms with E-state index in [4.69, 9.17) is 4.74 Å². The summed E-state index contributed by atoms with van der Waals surface area (Å²) in [5.41, 5.74) is 2.88. The maximum absolute atomic E-state index is 12.2. The van der Waals surface area contributed by atoms with Crippen molar-refractivity contribution in [2.24, 2.45) is 0 Å². The predicted molar refractivity (Wildman–Crippen MR) is 143 cm³/mol. The fourth-order valence-electron chi connectivity index (χ4n) is 4.93. The Balaban J connectivity index is 1.15. The molecule has 0 radical (unpaired) electrons. The van der Waals surface area contributed by atoms with Crippen molar-refractivity contribution in [1.82, 2.24) is 15.1 Å². The van der Waals surface area contributed by atoms with Crippen molar-refractivity contribution in [3.63, 3.8) is 0 Å². The molecule has 0 aliphatic carbocycles. The van der Waals surface area contributed by atoms with Crippen molar-refractivity contribution < 1.29 is 9.53 Å². The third-order valence-electron chi connectivity index (χ3n) is 7.16. The minimum atomic E-state index is -0.431. The molecule has 2 aromatic rings. The zero-order valence-electron chi connectivity index (χ0n) is 21.3. The Morgan fingerprint density at radius 1 is 0.971 bits per heavy atom. The highest BCUT2D eigenvalue weighted by atomic mass is 16.5. The van der Waals surface area contributed by atoms with Crippen LogP contribution in [0.1, 0.15) is 32.3 Å². The van der Waals surface area contributed by atoms with Gasteiger partial charge in [-0.1, -0.05) is 36.4 Å². The van der Waals surface area contributed by atoms with Crippen molar-refractivity contribution in [1.29, 1.82) is 0 Å². The van der Waals surface area contributed by atoms with Gasteiger partial charge in [-0.3, -0.25) is 15.1 Å². The van der Waals surface area contributed by atoms with Crippen molar-refractivity contribution in [3.8, 4) is 0 Å². The quantitative estimate of drug-likeness (QED) is 0.567. The van der Waals surface area contributed by atoms with Gasteiger partial charge in [0, 0.05) is 75.8 Å². The Bertz CT molecular complexity index is 907. The fraction of sp³-hybridized carbons (Fsp3) is 0.536. The van der Waals surface area contributed by atoms with Gasteiger partial charge in [0.15, 0.2) is 0 Å². The molecule has 2 aromatic carbocycles. The number of carbonyl (C=O) groups excluding carboxylic acids is 1. The minimum Gasteiger partial charge on any atom is -0.444 e. The summed E-state index contributed by atoms with van der Waals surface area (Å²) in [5, 5.41) is 6.64. The Morgan fingerprint density at radius 3 is 2.43 bits per heavy atom. The van der Waals surface area contributed by atoms with E-state index < -0.39 is 6.09 Å². The molecule has 0 bridgehead atoms. The van der Waals surface area contributed by atoms with Crippen molar-refractivity contribution in [2.45, 2.75) is 45.4 Å². The zero-order chi connectivity index (χ0) is 24.5. The average Bonchev–Trinajstić information content (AvgIpc) is 2.89. The highest BCUT2D eigenvalue weighted by Crippen LogP contribution is 2.23. The van der Waals surface area contributed by atoms with Crippen LogP contribution in [0.2, 0.25) is 0 Å². The first kappa shape index (κ1) is 25.5. The molecule has 35 heavy (non-hydrogen) atoms. The highest BCUT2D eigenvalue weighted by Gasteiger charge is 2.21. The van der Waals surface area contributed by atoms with E-state index in [0.717, 1.165) is 56.0 Å². The normalized spacial score (nSPS) is 18.1. The van der Waals surface area contributed by atoms with E-state index in [2.05, 4.69) is 45.2 Å². The standard InChI is InChI=1S/C28H41N5O2/c1-23(2)32-19-17-31(18-20-32)16-13-29-25-11-14-33(15-12-25)27-10-6-9-26(21-27)30-28(34)35-22-24-7-4-3-5-8-24/h3-10,21,23,25,29H,11-20,22H2,1-2H3,(H,30,34). The molecule has 190 valence electrons. The van der Waals surface area contributed by atoms with Crippen LogP contribution in [0.15, 0.2) is 54.6 Å². The SMILES string of the molecule is CC(C)N1CCN(CCNC2CCN(c3cccc(NC(=O)OCc4ccccc4)c3)CC2)CC1.